The predicted octanol–water partition coefficient (Wildman–Crippen LogP) is 2.14. The number of fused-ring (bicyclic) bond motifs is 3. The molecule has 3 aromatic heterocycles. The van der Waals surface area contributed by atoms with E-state index in [-0.39, 0.29) is 53.7 Å². The maximum Gasteiger partial charge on any atom is 0.278 e. The molecule has 0 radical (unpaired) electrons. The van der Waals surface area contributed by atoms with Gasteiger partial charge in [0.25, 0.3) is 5.56 Å². The maximum atomic E-state index is 14.0. The van der Waals surface area contributed by atoms with Crippen LogP contribution in [0.2, 0.25) is 0 Å². The fraction of sp³-hybridized carbons (Fsp3) is 0.368. The second-order valence-corrected chi connectivity index (χ2v) is 6.96. The second kappa shape index (κ2) is 7.37. The van der Waals surface area contributed by atoms with E-state index in [4.69, 9.17) is 9.26 Å². The van der Waals surface area contributed by atoms with Gasteiger partial charge in [-0.1, -0.05) is 12.1 Å². The fourth-order valence-corrected chi connectivity index (χ4v) is 3.38. The Labute approximate surface area is 164 Å². The highest BCUT2D eigenvalue weighted by atomic mass is 19.1. The zero-order valence-electron chi connectivity index (χ0n) is 16.2. The lowest BCUT2D eigenvalue weighted by atomic mass is 10.2. The second-order valence-electron chi connectivity index (χ2n) is 6.96. The smallest absolute Gasteiger partial charge is 0.278 e. The number of nitrogens with zero attached hydrogens (tertiary/aromatic N) is 5. The summed E-state index contributed by atoms with van der Waals surface area (Å²) in [5.74, 6) is -0.394. The van der Waals surface area contributed by atoms with E-state index in [2.05, 4.69) is 15.1 Å². The van der Waals surface area contributed by atoms with Gasteiger partial charge in [0.15, 0.2) is 0 Å². The SMILES string of the molecule is COCC(C)n1c(=O)c2c(-c3noc(C(C)CO)n3)ncn2c2ccc(F)cc21. The average molecular weight is 401 g/mol. The van der Waals surface area contributed by atoms with E-state index >= 15 is 0 Å². The minimum atomic E-state index is -0.448. The Balaban J connectivity index is 2.03. The van der Waals surface area contributed by atoms with E-state index in [9.17, 15) is 14.3 Å². The van der Waals surface area contributed by atoms with Crippen molar-refractivity contribution in [3.8, 4) is 11.5 Å². The third-order valence-electron chi connectivity index (χ3n) is 4.84. The highest BCUT2D eigenvalue weighted by Gasteiger charge is 2.23. The first kappa shape index (κ1) is 19.2. The van der Waals surface area contributed by atoms with Crippen molar-refractivity contribution in [1.82, 2.24) is 24.1 Å². The molecule has 0 spiro atoms. The molecule has 4 aromatic rings. The molecule has 0 saturated heterocycles. The molecule has 1 aromatic carbocycles. The highest BCUT2D eigenvalue weighted by molar-refractivity contribution is 5.83. The Hall–Kier alpha value is -3.11. The summed E-state index contributed by atoms with van der Waals surface area (Å²) in [5, 5.41) is 13.2. The first-order chi connectivity index (χ1) is 14.0. The fourth-order valence-electron chi connectivity index (χ4n) is 3.38. The molecule has 9 nitrogen and oxygen atoms in total. The van der Waals surface area contributed by atoms with Crippen LogP contribution in [0.4, 0.5) is 4.39 Å². The first-order valence-electron chi connectivity index (χ1n) is 9.10. The van der Waals surface area contributed by atoms with Crippen LogP contribution in [0.25, 0.3) is 28.1 Å². The van der Waals surface area contributed by atoms with Crippen molar-refractivity contribution < 1.29 is 18.8 Å². The Bertz CT molecular complexity index is 1240. The Morgan fingerprint density at radius 2 is 2.10 bits per heavy atom. The van der Waals surface area contributed by atoms with Crippen molar-refractivity contribution >= 4 is 16.6 Å². The van der Waals surface area contributed by atoms with Crippen LogP contribution in [0.1, 0.15) is 31.7 Å². The van der Waals surface area contributed by atoms with Crippen LogP contribution in [-0.4, -0.2) is 49.5 Å². The summed E-state index contributed by atoms with van der Waals surface area (Å²) in [6.45, 7) is 3.68. The monoisotopic (exact) mass is 401 g/mol. The standard InChI is InChI=1S/C19H20FN5O4/c1-10(7-26)18-22-17(23-29-18)15-16-19(27)25(11(2)8-28-3)14-6-12(20)4-5-13(14)24(16)9-21-15/h4-6,9-11,26H,7-8H2,1-3H3. The molecular formula is C19H20FN5O4. The molecule has 0 amide bonds. The highest BCUT2D eigenvalue weighted by Crippen LogP contribution is 2.25. The van der Waals surface area contributed by atoms with Gasteiger partial charge < -0.3 is 14.4 Å². The normalized spacial score (nSPS) is 14.0. The third-order valence-corrected chi connectivity index (χ3v) is 4.84. The number of imidazole rings is 1. The molecular weight excluding hydrogens is 381 g/mol. The molecule has 2 atom stereocenters. The summed E-state index contributed by atoms with van der Waals surface area (Å²) in [7, 11) is 1.54. The van der Waals surface area contributed by atoms with Crippen LogP contribution in [0.15, 0.2) is 33.8 Å². The van der Waals surface area contributed by atoms with E-state index in [1.807, 2.05) is 6.92 Å². The van der Waals surface area contributed by atoms with E-state index in [1.54, 1.807) is 17.4 Å². The Kier molecular flexibility index (Phi) is 4.89. The van der Waals surface area contributed by atoms with Gasteiger partial charge in [-0.3, -0.25) is 13.8 Å². The first-order valence-corrected chi connectivity index (χ1v) is 9.10. The van der Waals surface area contributed by atoms with Crippen LogP contribution >= 0.6 is 0 Å². The van der Waals surface area contributed by atoms with Gasteiger partial charge in [-0.2, -0.15) is 4.98 Å². The van der Waals surface area contributed by atoms with E-state index in [1.165, 1.54) is 30.1 Å². The van der Waals surface area contributed by atoms with Crippen LogP contribution < -0.4 is 5.56 Å². The van der Waals surface area contributed by atoms with Crippen LogP contribution in [-0.2, 0) is 4.74 Å². The number of rotatable bonds is 6. The number of ether oxygens (including phenoxy) is 1. The van der Waals surface area contributed by atoms with Crippen molar-refractivity contribution in [3.05, 3.63) is 46.6 Å². The number of halogens is 1. The molecule has 0 aliphatic rings. The van der Waals surface area contributed by atoms with Gasteiger partial charge >= 0.3 is 0 Å². The lowest BCUT2D eigenvalue weighted by Crippen LogP contribution is -2.28. The molecule has 3 heterocycles. The quantitative estimate of drug-likeness (QED) is 0.527. The van der Waals surface area contributed by atoms with Gasteiger partial charge in [0.2, 0.25) is 11.7 Å². The summed E-state index contributed by atoms with van der Waals surface area (Å²) >= 11 is 0. The molecule has 10 heteroatoms. The van der Waals surface area contributed by atoms with Gasteiger partial charge in [-0.05, 0) is 25.1 Å². The zero-order chi connectivity index (χ0) is 20.7. The molecule has 0 fully saturated rings. The van der Waals surface area contributed by atoms with Gasteiger partial charge in [0.05, 0.1) is 36.2 Å². The van der Waals surface area contributed by atoms with Crippen molar-refractivity contribution in [3.63, 3.8) is 0 Å². The molecule has 0 aliphatic heterocycles. The Morgan fingerprint density at radius 1 is 1.31 bits per heavy atom. The zero-order valence-corrected chi connectivity index (χ0v) is 16.2. The van der Waals surface area contributed by atoms with E-state index in [0.29, 0.717) is 11.0 Å². The summed E-state index contributed by atoms with van der Waals surface area (Å²) in [5.41, 5.74) is 1.16. The van der Waals surface area contributed by atoms with Crippen LogP contribution in [0, 0.1) is 5.82 Å². The summed E-state index contributed by atoms with van der Waals surface area (Å²) in [4.78, 5) is 22.0. The Morgan fingerprint density at radius 3 is 2.83 bits per heavy atom. The van der Waals surface area contributed by atoms with Crippen molar-refractivity contribution in [2.45, 2.75) is 25.8 Å². The van der Waals surface area contributed by atoms with Crippen molar-refractivity contribution in [2.24, 2.45) is 0 Å². The van der Waals surface area contributed by atoms with Gasteiger partial charge in [-0.25, -0.2) is 9.37 Å². The molecule has 0 saturated carbocycles. The third kappa shape index (κ3) is 3.10. The summed E-state index contributed by atoms with van der Waals surface area (Å²) in [6, 6.07) is 3.89. The lowest BCUT2D eigenvalue weighted by Gasteiger charge is -2.18. The molecule has 0 aliphatic carbocycles. The number of hydrogen-bond donors (Lipinski definition) is 1. The minimum Gasteiger partial charge on any atom is -0.396 e. The van der Waals surface area contributed by atoms with Crippen LogP contribution in [0.3, 0.4) is 0 Å². The maximum absolute atomic E-state index is 14.0. The number of aromatic nitrogens is 5. The average Bonchev–Trinajstić information content (AvgIpc) is 3.35. The van der Waals surface area contributed by atoms with Gasteiger partial charge in [0, 0.05) is 7.11 Å². The number of aliphatic hydroxyl groups is 1. The van der Waals surface area contributed by atoms with Gasteiger partial charge in [-0.15, -0.1) is 0 Å². The van der Waals surface area contributed by atoms with E-state index in [0.717, 1.165) is 0 Å². The topological polar surface area (TPSA) is 108 Å². The minimum absolute atomic E-state index is 0.146. The van der Waals surface area contributed by atoms with Gasteiger partial charge in [0.1, 0.15) is 23.4 Å². The molecule has 0 bridgehead atoms. The van der Waals surface area contributed by atoms with Crippen molar-refractivity contribution in [1.29, 1.82) is 0 Å². The lowest BCUT2D eigenvalue weighted by molar-refractivity contribution is 0.162. The van der Waals surface area contributed by atoms with Crippen molar-refractivity contribution in [2.75, 3.05) is 20.3 Å². The number of benzene rings is 1. The number of methoxy groups -OCH3 is 1. The van der Waals surface area contributed by atoms with Crippen LogP contribution in [0.5, 0.6) is 0 Å². The summed E-state index contributed by atoms with van der Waals surface area (Å²) in [6.07, 6.45) is 1.48. The molecule has 2 unspecified atom stereocenters. The number of hydrogen-bond acceptors (Lipinski definition) is 7. The molecule has 1 N–H and O–H groups in total. The van der Waals surface area contributed by atoms with E-state index < -0.39 is 5.82 Å². The molecule has 29 heavy (non-hydrogen) atoms. The molecule has 4 rings (SSSR count). The summed E-state index contributed by atoms with van der Waals surface area (Å²) < 4.78 is 27.4. The number of aliphatic hydroxyl groups excluding tert-OH is 1. The predicted molar refractivity (Wildman–Crippen MR) is 102 cm³/mol. The molecule has 152 valence electrons. The largest absolute Gasteiger partial charge is 0.396 e.